The van der Waals surface area contributed by atoms with E-state index in [0.29, 0.717) is 33.0 Å². The second kappa shape index (κ2) is 7.69. The predicted molar refractivity (Wildman–Crippen MR) is 113 cm³/mol. The Labute approximate surface area is 179 Å². The van der Waals surface area contributed by atoms with Crippen molar-refractivity contribution in [2.75, 3.05) is 11.2 Å². The van der Waals surface area contributed by atoms with E-state index in [4.69, 9.17) is 16.3 Å². The van der Waals surface area contributed by atoms with Crippen LogP contribution in [0.15, 0.2) is 52.1 Å². The van der Waals surface area contributed by atoms with Crippen LogP contribution in [0.2, 0.25) is 5.02 Å². The Kier molecular flexibility index (Phi) is 5.27. The van der Waals surface area contributed by atoms with E-state index in [-0.39, 0.29) is 5.91 Å². The highest BCUT2D eigenvalue weighted by molar-refractivity contribution is 9.10. The van der Waals surface area contributed by atoms with Gasteiger partial charge in [0.15, 0.2) is 5.69 Å². The maximum atomic E-state index is 12.7. The molecule has 0 radical (unpaired) electrons. The van der Waals surface area contributed by atoms with Crippen LogP contribution in [0.5, 0.6) is 5.88 Å². The second-order valence-electron chi connectivity index (χ2n) is 6.03. The molecule has 1 aliphatic rings. The molecule has 1 atom stereocenters. The Hall–Kier alpha value is -2.16. The monoisotopic (exact) mass is 476 g/mol. The Morgan fingerprint density at radius 2 is 2.07 bits per heavy atom. The average molecular weight is 478 g/mol. The summed E-state index contributed by atoms with van der Waals surface area (Å²) in [4.78, 5) is 18.7. The number of ether oxygens (including phenoxy) is 1. The van der Waals surface area contributed by atoms with Gasteiger partial charge in [0.05, 0.1) is 5.69 Å². The standard InChI is InChI=1S/C19H14BrClN4O2S/c1-10(26)25-15-7-6-13(21)9-14(15)16-17(22-19(28-2)24-23-16)27-18(25)11-4-3-5-12(20)8-11/h3-9,18H,1-2H3/t18-/m0/s1. The van der Waals surface area contributed by atoms with E-state index in [9.17, 15) is 4.79 Å². The minimum atomic E-state index is -0.720. The van der Waals surface area contributed by atoms with Crippen LogP contribution in [0.1, 0.15) is 18.7 Å². The number of benzene rings is 2. The van der Waals surface area contributed by atoms with Gasteiger partial charge < -0.3 is 4.74 Å². The van der Waals surface area contributed by atoms with Crippen molar-refractivity contribution in [2.24, 2.45) is 0 Å². The van der Waals surface area contributed by atoms with Crippen molar-refractivity contribution in [3.05, 3.63) is 57.5 Å². The Bertz CT molecular complexity index is 1080. The molecule has 1 aromatic heterocycles. The summed E-state index contributed by atoms with van der Waals surface area (Å²) in [7, 11) is 0. The van der Waals surface area contributed by atoms with Crippen molar-refractivity contribution in [1.82, 2.24) is 15.2 Å². The van der Waals surface area contributed by atoms with Crippen LogP contribution in [-0.2, 0) is 4.79 Å². The smallest absolute Gasteiger partial charge is 0.247 e. The van der Waals surface area contributed by atoms with E-state index in [0.717, 1.165) is 10.0 Å². The number of carbonyl (C=O) groups is 1. The molecule has 2 aromatic carbocycles. The van der Waals surface area contributed by atoms with Crippen LogP contribution in [0.4, 0.5) is 5.69 Å². The quantitative estimate of drug-likeness (QED) is 0.477. The van der Waals surface area contributed by atoms with Gasteiger partial charge >= 0.3 is 0 Å². The van der Waals surface area contributed by atoms with Gasteiger partial charge in [-0.2, -0.15) is 4.98 Å². The molecule has 0 saturated carbocycles. The molecule has 1 aliphatic heterocycles. The first-order valence-corrected chi connectivity index (χ1v) is 10.7. The van der Waals surface area contributed by atoms with Crippen molar-refractivity contribution >= 4 is 50.9 Å². The molecule has 6 nitrogen and oxygen atoms in total. The molecule has 4 rings (SSSR count). The zero-order valence-corrected chi connectivity index (χ0v) is 18.0. The lowest BCUT2D eigenvalue weighted by atomic mass is 10.1. The molecule has 2 heterocycles. The maximum Gasteiger partial charge on any atom is 0.247 e. The molecule has 0 spiro atoms. The molecule has 0 bridgehead atoms. The lowest BCUT2D eigenvalue weighted by molar-refractivity contribution is -0.118. The van der Waals surface area contributed by atoms with Crippen LogP contribution in [0, 0.1) is 0 Å². The van der Waals surface area contributed by atoms with Crippen LogP contribution < -0.4 is 9.64 Å². The maximum absolute atomic E-state index is 12.7. The fraction of sp³-hybridized carbons (Fsp3) is 0.158. The number of halogens is 2. The number of amides is 1. The SMILES string of the molecule is CSc1nnc2c(n1)O[C@@H](c1cccc(Br)c1)N(C(C)=O)c1ccc(Cl)cc1-2. The summed E-state index contributed by atoms with van der Waals surface area (Å²) in [6.45, 7) is 1.50. The number of aromatic nitrogens is 3. The molecular formula is C19H14BrClN4O2S. The third-order valence-corrected chi connectivity index (χ3v) is 5.49. The summed E-state index contributed by atoms with van der Waals surface area (Å²) >= 11 is 11.1. The lowest BCUT2D eigenvalue weighted by Gasteiger charge is -2.30. The third kappa shape index (κ3) is 3.47. The Balaban J connectivity index is 2.00. The summed E-state index contributed by atoms with van der Waals surface area (Å²) in [6.07, 6.45) is 1.14. The fourth-order valence-electron chi connectivity index (χ4n) is 3.04. The number of nitrogens with zero attached hydrogens (tertiary/aromatic N) is 4. The second-order valence-corrected chi connectivity index (χ2v) is 8.15. The highest BCUT2D eigenvalue weighted by atomic mass is 79.9. The number of carbonyl (C=O) groups excluding carboxylic acids is 1. The number of hydrogen-bond donors (Lipinski definition) is 0. The van der Waals surface area contributed by atoms with E-state index < -0.39 is 6.23 Å². The number of thioether (sulfide) groups is 1. The van der Waals surface area contributed by atoms with Crippen LogP contribution in [-0.4, -0.2) is 27.3 Å². The lowest BCUT2D eigenvalue weighted by Crippen LogP contribution is -2.36. The first-order chi connectivity index (χ1) is 13.5. The minimum Gasteiger partial charge on any atom is -0.447 e. The van der Waals surface area contributed by atoms with Gasteiger partial charge in [-0.15, -0.1) is 10.2 Å². The molecule has 142 valence electrons. The van der Waals surface area contributed by atoms with Crippen LogP contribution in [0.3, 0.4) is 0 Å². The molecule has 1 amide bonds. The van der Waals surface area contributed by atoms with Gasteiger partial charge in [0, 0.05) is 27.5 Å². The molecule has 0 saturated heterocycles. The van der Waals surface area contributed by atoms with Crippen molar-refractivity contribution in [1.29, 1.82) is 0 Å². The van der Waals surface area contributed by atoms with Gasteiger partial charge in [0.25, 0.3) is 0 Å². The number of rotatable bonds is 2. The Morgan fingerprint density at radius 3 is 2.79 bits per heavy atom. The molecule has 0 unspecified atom stereocenters. The summed E-state index contributed by atoms with van der Waals surface area (Å²) < 4.78 is 7.13. The number of fused-ring (bicyclic) bond motifs is 3. The molecule has 28 heavy (non-hydrogen) atoms. The molecule has 0 aliphatic carbocycles. The molecule has 3 aromatic rings. The molecular weight excluding hydrogens is 464 g/mol. The largest absolute Gasteiger partial charge is 0.447 e. The normalized spacial score (nSPS) is 15.3. The summed E-state index contributed by atoms with van der Waals surface area (Å²) in [5, 5.41) is 9.43. The Morgan fingerprint density at radius 1 is 1.25 bits per heavy atom. The van der Waals surface area contributed by atoms with Crippen molar-refractivity contribution in [3.8, 4) is 17.1 Å². The summed E-state index contributed by atoms with van der Waals surface area (Å²) in [5.74, 6) is 0.121. The average Bonchev–Trinajstić information content (AvgIpc) is 2.81. The predicted octanol–water partition coefficient (Wildman–Crippen LogP) is 5.12. The summed E-state index contributed by atoms with van der Waals surface area (Å²) in [6, 6.07) is 12.9. The van der Waals surface area contributed by atoms with E-state index in [1.54, 1.807) is 23.1 Å². The van der Waals surface area contributed by atoms with E-state index in [2.05, 4.69) is 31.1 Å². The topological polar surface area (TPSA) is 68.2 Å². The van der Waals surface area contributed by atoms with Crippen LogP contribution in [0.25, 0.3) is 11.3 Å². The summed E-state index contributed by atoms with van der Waals surface area (Å²) in [5.41, 5.74) is 2.51. The first-order valence-electron chi connectivity index (χ1n) is 8.28. The van der Waals surface area contributed by atoms with E-state index in [1.807, 2.05) is 30.5 Å². The number of anilines is 1. The van der Waals surface area contributed by atoms with Gasteiger partial charge in [-0.1, -0.05) is 51.4 Å². The van der Waals surface area contributed by atoms with Gasteiger partial charge in [0.1, 0.15) is 0 Å². The third-order valence-electron chi connectivity index (χ3n) is 4.22. The molecule has 0 N–H and O–H groups in total. The van der Waals surface area contributed by atoms with E-state index >= 15 is 0 Å². The van der Waals surface area contributed by atoms with Gasteiger partial charge in [-0.25, -0.2) is 0 Å². The molecule has 9 heteroatoms. The van der Waals surface area contributed by atoms with Crippen molar-refractivity contribution in [3.63, 3.8) is 0 Å². The fourth-order valence-corrected chi connectivity index (χ4v) is 3.93. The van der Waals surface area contributed by atoms with Crippen molar-refractivity contribution < 1.29 is 9.53 Å². The minimum absolute atomic E-state index is 0.181. The highest BCUT2D eigenvalue weighted by Gasteiger charge is 2.34. The van der Waals surface area contributed by atoms with Crippen LogP contribution >= 0.6 is 39.3 Å². The zero-order chi connectivity index (χ0) is 19.8. The first kappa shape index (κ1) is 19.2. The van der Waals surface area contributed by atoms with Gasteiger partial charge in [-0.3, -0.25) is 9.69 Å². The van der Waals surface area contributed by atoms with Gasteiger partial charge in [-0.05, 0) is 36.6 Å². The zero-order valence-electron chi connectivity index (χ0n) is 14.9. The highest BCUT2D eigenvalue weighted by Crippen LogP contribution is 2.44. The molecule has 0 fully saturated rings. The van der Waals surface area contributed by atoms with Gasteiger partial charge in [0.2, 0.25) is 23.2 Å². The van der Waals surface area contributed by atoms with E-state index in [1.165, 1.54) is 18.7 Å². The van der Waals surface area contributed by atoms with Crippen molar-refractivity contribution in [2.45, 2.75) is 18.3 Å². The number of hydrogen-bond acceptors (Lipinski definition) is 6.